The van der Waals surface area contributed by atoms with E-state index in [1.807, 2.05) is 36.7 Å². The number of sulfonamides is 1. The molecule has 2 heterocycles. The van der Waals surface area contributed by atoms with Gasteiger partial charge in [0.1, 0.15) is 0 Å². The molecule has 2 aromatic heterocycles. The van der Waals surface area contributed by atoms with Crippen molar-refractivity contribution < 1.29 is 8.42 Å². The second-order valence-corrected chi connectivity index (χ2v) is 7.91. The largest absolute Gasteiger partial charge is 0.361 e. The van der Waals surface area contributed by atoms with Gasteiger partial charge in [0, 0.05) is 46.3 Å². The van der Waals surface area contributed by atoms with Gasteiger partial charge >= 0.3 is 0 Å². The lowest BCUT2D eigenvalue weighted by atomic mass is 9.99. The average Bonchev–Trinajstić information content (AvgIpc) is 3.10. The summed E-state index contributed by atoms with van der Waals surface area (Å²) in [6.07, 6.45) is 6.72. The quantitative estimate of drug-likeness (QED) is 0.569. The number of fused-ring (bicyclic) bond motifs is 1. The van der Waals surface area contributed by atoms with Crippen LogP contribution >= 0.6 is 0 Å². The van der Waals surface area contributed by atoms with E-state index in [-0.39, 0.29) is 0 Å². The molecule has 0 aliphatic carbocycles. The molecule has 0 unspecified atom stereocenters. The number of benzene rings is 2. The number of anilines is 1. The highest BCUT2D eigenvalue weighted by molar-refractivity contribution is 7.92. The fourth-order valence-electron chi connectivity index (χ4n) is 3.03. The van der Waals surface area contributed by atoms with Crippen LogP contribution in [0.2, 0.25) is 0 Å². The molecular formula is C20H17N3O2S. The lowest BCUT2D eigenvalue weighted by Crippen LogP contribution is -2.09. The molecule has 2 N–H and O–H groups in total. The maximum absolute atomic E-state index is 11.3. The van der Waals surface area contributed by atoms with Crippen molar-refractivity contribution in [2.24, 2.45) is 0 Å². The summed E-state index contributed by atoms with van der Waals surface area (Å²) in [6.45, 7) is 0. The minimum absolute atomic E-state index is 0.539. The predicted octanol–water partition coefficient (Wildman–Crippen LogP) is 4.27. The molecule has 0 fully saturated rings. The zero-order chi connectivity index (χ0) is 18.1. The van der Waals surface area contributed by atoms with Gasteiger partial charge in [-0.15, -0.1) is 0 Å². The van der Waals surface area contributed by atoms with Gasteiger partial charge < -0.3 is 4.98 Å². The molecule has 0 amide bonds. The van der Waals surface area contributed by atoms with Gasteiger partial charge in [-0.1, -0.05) is 24.3 Å². The van der Waals surface area contributed by atoms with Crippen LogP contribution in [0.25, 0.3) is 33.2 Å². The number of hydrogen-bond acceptors (Lipinski definition) is 3. The van der Waals surface area contributed by atoms with Crippen LogP contribution in [-0.2, 0) is 10.0 Å². The summed E-state index contributed by atoms with van der Waals surface area (Å²) < 4.78 is 25.1. The highest BCUT2D eigenvalue weighted by atomic mass is 32.2. The maximum atomic E-state index is 11.3. The Balaban J connectivity index is 1.71. The van der Waals surface area contributed by atoms with Crippen molar-refractivity contribution in [3.63, 3.8) is 0 Å². The summed E-state index contributed by atoms with van der Waals surface area (Å²) in [4.78, 5) is 7.61. The van der Waals surface area contributed by atoms with Crippen LogP contribution in [0.3, 0.4) is 0 Å². The van der Waals surface area contributed by atoms with Gasteiger partial charge in [0.2, 0.25) is 10.0 Å². The van der Waals surface area contributed by atoms with Crippen molar-refractivity contribution in [1.29, 1.82) is 0 Å². The summed E-state index contributed by atoms with van der Waals surface area (Å²) in [5.41, 5.74) is 5.72. The van der Waals surface area contributed by atoms with E-state index < -0.39 is 10.0 Å². The Labute approximate surface area is 151 Å². The molecule has 6 heteroatoms. The van der Waals surface area contributed by atoms with Crippen molar-refractivity contribution in [3.8, 4) is 22.3 Å². The molecule has 4 rings (SSSR count). The Morgan fingerprint density at radius 3 is 2.46 bits per heavy atom. The zero-order valence-electron chi connectivity index (χ0n) is 14.1. The van der Waals surface area contributed by atoms with Crippen molar-refractivity contribution in [3.05, 3.63) is 73.2 Å². The first-order chi connectivity index (χ1) is 12.5. The molecule has 0 spiro atoms. The first-order valence-corrected chi connectivity index (χ1v) is 9.98. The van der Waals surface area contributed by atoms with Gasteiger partial charge in [-0.2, -0.15) is 0 Å². The van der Waals surface area contributed by atoms with E-state index in [2.05, 4.69) is 32.9 Å². The molecule has 130 valence electrons. The van der Waals surface area contributed by atoms with E-state index in [0.717, 1.165) is 39.4 Å². The third kappa shape index (κ3) is 3.32. The topological polar surface area (TPSA) is 74.8 Å². The standard InChI is InChI=1S/C20H17N3O2S/c1-26(24,25)23-17-7-5-14(6-8-17)15-11-16(13-21-12-15)18-3-2-4-20-19(18)9-10-22-20/h2-13,22-23H,1H3. The van der Waals surface area contributed by atoms with Crippen LogP contribution in [0.4, 0.5) is 5.69 Å². The van der Waals surface area contributed by atoms with Crippen LogP contribution in [0.15, 0.2) is 73.2 Å². The third-order valence-corrected chi connectivity index (χ3v) is 4.77. The summed E-state index contributed by atoms with van der Waals surface area (Å²) in [7, 11) is -3.28. The van der Waals surface area contributed by atoms with Crippen molar-refractivity contribution in [1.82, 2.24) is 9.97 Å². The number of nitrogens with zero attached hydrogens (tertiary/aromatic N) is 1. The molecule has 0 saturated carbocycles. The normalized spacial score (nSPS) is 11.6. The van der Waals surface area contributed by atoms with E-state index in [0.29, 0.717) is 5.69 Å². The van der Waals surface area contributed by atoms with E-state index >= 15 is 0 Å². The number of aromatic amines is 1. The Morgan fingerprint density at radius 2 is 1.69 bits per heavy atom. The molecule has 5 nitrogen and oxygen atoms in total. The molecule has 0 bridgehead atoms. The van der Waals surface area contributed by atoms with Crippen molar-refractivity contribution >= 4 is 26.6 Å². The van der Waals surface area contributed by atoms with Crippen LogP contribution in [-0.4, -0.2) is 24.6 Å². The number of rotatable bonds is 4. The smallest absolute Gasteiger partial charge is 0.229 e. The van der Waals surface area contributed by atoms with Crippen LogP contribution < -0.4 is 4.72 Å². The summed E-state index contributed by atoms with van der Waals surface area (Å²) in [5.74, 6) is 0. The zero-order valence-corrected chi connectivity index (χ0v) is 14.9. The second kappa shape index (κ2) is 6.31. The molecule has 0 aliphatic heterocycles. The molecule has 0 saturated heterocycles. The van der Waals surface area contributed by atoms with Crippen molar-refractivity contribution in [2.45, 2.75) is 0 Å². The minimum atomic E-state index is -3.28. The van der Waals surface area contributed by atoms with Crippen LogP contribution in [0.5, 0.6) is 0 Å². The van der Waals surface area contributed by atoms with E-state index in [9.17, 15) is 8.42 Å². The highest BCUT2D eigenvalue weighted by Crippen LogP contribution is 2.30. The molecular weight excluding hydrogens is 346 g/mol. The van der Waals surface area contributed by atoms with Gasteiger partial charge in [0.05, 0.1) is 6.26 Å². The Bertz CT molecular complexity index is 1180. The SMILES string of the molecule is CS(=O)(=O)Nc1ccc(-c2cncc(-c3cccc4[nH]ccc34)c2)cc1. The molecule has 2 aromatic carbocycles. The molecule has 0 radical (unpaired) electrons. The fourth-order valence-corrected chi connectivity index (χ4v) is 3.59. The van der Waals surface area contributed by atoms with Crippen molar-refractivity contribution in [2.75, 3.05) is 11.0 Å². The monoisotopic (exact) mass is 363 g/mol. The Kier molecular flexibility index (Phi) is 3.97. The third-order valence-electron chi connectivity index (χ3n) is 4.17. The van der Waals surface area contributed by atoms with Gasteiger partial charge in [-0.25, -0.2) is 8.42 Å². The van der Waals surface area contributed by atoms with E-state index in [4.69, 9.17) is 0 Å². The van der Waals surface area contributed by atoms with Gasteiger partial charge in [-0.3, -0.25) is 9.71 Å². The molecule has 4 aromatic rings. The lowest BCUT2D eigenvalue weighted by Gasteiger charge is -2.08. The highest BCUT2D eigenvalue weighted by Gasteiger charge is 2.07. The fraction of sp³-hybridized carbons (Fsp3) is 0.0500. The summed E-state index contributed by atoms with van der Waals surface area (Å²) >= 11 is 0. The molecule has 0 aliphatic rings. The molecule has 0 atom stereocenters. The van der Waals surface area contributed by atoms with Crippen LogP contribution in [0.1, 0.15) is 0 Å². The maximum Gasteiger partial charge on any atom is 0.229 e. The average molecular weight is 363 g/mol. The second-order valence-electron chi connectivity index (χ2n) is 6.16. The van der Waals surface area contributed by atoms with Gasteiger partial charge in [0.15, 0.2) is 0 Å². The van der Waals surface area contributed by atoms with E-state index in [1.165, 1.54) is 0 Å². The Hall–Kier alpha value is -3.12. The minimum Gasteiger partial charge on any atom is -0.361 e. The number of hydrogen-bond donors (Lipinski definition) is 2. The summed E-state index contributed by atoms with van der Waals surface area (Å²) in [6, 6.07) is 17.5. The van der Waals surface area contributed by atoms with Crippen LogP contribution in [0, 0.1) is 0 Å². The van der Waals surface area contributed by atoms with Gasteiger partial charge in [0.25, 0.3) is 0 Å². The predicted molar refractivity (Wildman–Crippen MR) is 105 cm³/mol. The Morgan fingerprint density at radius 1 is 0.923 bits per heavy atom. The van der Waals surface area contributed by atoms with Gasteiger partial charge in [-0.05, 0) is 41.5 Å². The lowest BCUT2D eigenvalue weighted by molar-refractivity contribution is 0.607. The summed E-state index contributed by atoms with van der Waals surface area (Å²) in [5, 5.41) is 1.15. The number of aromatic nitrogens is 2. The first-order valence-electron chi connectivity index (χ1n) is 8.09. The number of nitrogens with one attached hydrogen (secondary N) is 2. The van der Waals surface area contributed by atoms with E-state index in [1.54, 1.807) is 18.3 Å². The number of pyridine rings is 1. The molecule has 26 heavy (non-hydrogen) atoms. The number of H-pyrrole nitrogens is 1. The first kappa shape index (κ1) is 16.4.